The number of hydrogen-bond donors (Lipinski definition) is 0. The van der Waals surface area contributed by atoms with Gasteiger partial charge in [0, 0.05) is 24.0 Å². The first-order chi connectivity index (χ1) is 15.2. The Balaban J connectivity index is 1.37. The Labute approximate surface area is 188 Å². The molecule has 1 fully saturated rings. The van der Waals surface area contributed by atoms with Crippen molar-refractivity contribution in [2.75, 3.05) is 18.0 Å². The molecule has 0 radical (unpaired) electrons. The molecule has 2 unspecified atom stereocenters. The lowest BCUT2D eigenvalue weighted by molar-refractivity contribution is 0.350. The maximum atomic E-state index is 5.61. The Morgan fingerprint density at radius 2 is 2.06 bits per heavy atom. The highest BCUT2D eigenvalue weighted by Crippen LogP contribution is 2.30. The summed E-state index contributed by atoms with van der Waals surface area (Å²) in [6, 6.07) is 5.87. The van der Waals surface area contributed by atoms with Crippen LogP contribution < -0.4 is 4.90 Å². The SMILES string of the molecule is CC1CC(C)CN(c2nnc(SCc3nc(-c4ccsc4)no3)n2Cc2ccco2)C1. The van der Waals surface area contributed by atoms with Gasteiger partial charge in [-0.2, -0.15) is 16.3 Å². The third-order valence-corrected chi connectivity index (χ3v) is 6.95. The standard InChI is InChI=1S/C21H24N6O2S2/c1-14-8-15(2)10-26(9-14)20-23-24-21(27(20)11-17-4-3-6-28-17)31-13-18-22-19(25-29-18)16-5-7-30-12-16/h3-7,12,14-15H,8-11,13H2,1-2H3. The Hall–Kier alpha value is -2.59. The topological polar surface area (TPSA) is 86.0 Å². The summed E-state index contributed by atoms with van der Waals surface area (Å²) < 4.78 is 13.2. The number of furan rings is 1. The summed E-state index contributed by atoms with van der Waals surface area (Å²) in [7, 11) is 0. The second kappa shape index (κ2) is 8.88. The van der Waals surface area contributed by atoms with Gasteiger partial charge < -0.3 is 13.8 Å². The van der Waals surface area contributed by atoms with Crippen molar-refractivity contribution in [1.82, 2.24) is 24.9 Å². The van der Waals surface area contributed by atoms with Crippen LogP contribution in [0.3, 0.4) is 0 Å². The van der Waals surface area contributed by atoms with Crippen LogP contribution in [0.25, 0.3) is 11.4 Å². The van der Waals surface area contributed by atoms with Gasteiger partial charge in [0.05, 0.1) is 18.6 Å². The minimum absolute atomic E-state index is 0.528. The molecule has 0 N–H and O–H groups in total. The number of aromatic nitrogens is 5. The maximum absolute atomic E-state index is 5.61. The van der Waals surface area contributed by atoms with Gasteiger partial charge in [-0.05, 0) is 41.8 Å². The summed E-state index contributed by atoms with van der Waals surface area (Å²) in [5.74, 6) is 4.73. The molecule has 0 bridgehead atoms. The quantitative estimate of drug-likeness (QED) is 0.366. The lowest BCUT2D eigenvalue weighted by atomic mass is 9.92. The van der Waals surface area contributed by atoms with E-state index in [1.807, 2.05) is 29.0 Å². The predicted molar refractivity (Wildman–Crippen MR) is 120 cm³/mol. The highest BCUT2D eigenvalue weighted by Gasteiger charge is 2.27. The molecule has 0 aliphatic carbocycles. The minimum Gasteiger partial charge on any atom is -0.467 e. The smallest absolute Gasteiger partial charge is 0.237 e. The molecule has 0 amide bonds. The molecule has 0 saturated carbocycles. The van der Waals surface area contributed by atoms with Gasteiger partial charge in [0.25, 0.3) is 0 Å². The fourth-order valence-electron chi connectivity index (χ4n) is 4.09. The maximum Gasteiger partial charge on any atom is 0.237 e. The Morgan fingerprint density at radius 1 is 1.19 bits per heavy atom. The fourth-order valence-corrected chi connectivity index (χ4v) is 5.50. The van der Waals surface area contributed by atoms with Crippen molar-refractivity contribution in [3.63, 3.8) is 0 Å². The van der Waals surface area contributed by atoms with Crippen molar-refractivity contribution < 1.29 is 8.94 Å². The van der Waals surface area contributed by atoms with Crippen LogP contribution in [0.1, 0.15) is 31.9 Å². The van der Waals surface area contributed by atoms with Crippen molar-refractivity contribution in [2.24, 2.45) is 11.8 Å². The van der Waals surface area contributed by atoms with Crippen LogP contribution in [0.4, 0.5) is 5.95 Å². The second-order valence-corrected chi connectivity index (χ2v) is 9.83. The molecule has 1 saturated heterocycles. The molecule has 4 aromatic rings. The van der Waals surface area contributed by atoms with E-state index >= 15 is 0 Å². The van der Waals surface area contributed by atoms with Crippen LogP contribution >= 0.6 is 23.1 Å². The molecule has 1 aliphatic heterocycles. The number of rotatable bonds is 7. The van der Waals surface area contributed by atoms with Gasteiger partial charge in [-0.25, -0.2) is 0 Å². The molecule has 10 heteroatoms. The molecule has 4 aromatic heterocycles. The van der Waals surface area contributed by atoms with Crippen LogP contribution in [0.5, 0.6) is 0 Å². The second-order valence-electron chi connectivity index (χ2n) is 8.11. The lowest BCUT2D eigenvalue weighted by Crippen LogP contribution is -2.40. The van der Waals surface area contributed by atoms with E-state index in [0.29, 0.717) is 35.8 Å². The number of hydrogen-bond acceptors (Lipinski definition) is 9. The van der Waals surface area contributed by atoms with Crippen LogP contribution in [0.2, 0.25) is 0 Å². The van der Waals surface area contributed by atoms with Gasteiger partial charge >= 0.3 is 0 Å². The highest BCUT2D eigenvalue weighted by molar-refractivity contribution is 7.98. The number of nitrogens with zero attached hydrogens (tertiary/aromatic N) is 6. The zero-order chi connectivity index (χ0) is 21.2. The molecule has 0 aromatic carbocycles. The van der Waals surface area contributed by atoms with E-state index in [9.17, 15) is 0 Å². The summed E-state index contributed by atoms with van der Waals surface area (Å²) in [5, 5.41) is 18.0. The normalized spacial score (nSPS) is 19.2. The molecule has 5 rings (SSSR count). The molecular weight excluding hydrogens is 432 g/mol. The van der Waals surface area contributed by atoms with Gasteiger partial charge in [0.1, 0.15) is 5.76 Å². The molecule has 31 heavy (non-hydrogen) atoms. The van der Waals surface area contributed by atoms with E-state index < -0.39 is 0 Å². The van der Waals surface area contributed by atoms with Gasteiger partial charge in [-0.1, -0.05) is 30.8 Å². The van der Waals surface area contributed by atoms with Gasteiger partial charge in [-0.3, -0.25) is 4.57 Å². The largest absolute Gasteiger partial charge is 0.467 e. The average Bonchev–Trinajstić information content (AvgIpc) is 3.53. The van der Waals surface area contributed by atoms with Crippen LogP contribution in [0, 0.1) is 11.8 Å². The van der Waals surface area contributed by atoms with Crippen molar-refractivity contribution in [2.45, 2.75) is 37.7 Å². The fraction of sp³-hybridized carbons (Fsp3) is 0.429. The zero-order valence-electron chi connectivity index (χ0n) is 17.5. The van der Waals surface area contributed by atoms with E-state index in [0.717, 1.165) is 35.5 Å². The van der Waals surface area contributed by atoms with Gasteiger partial charge in [-0.15, -0.1) is 10.2 Å². The molecule has 8 nitrogen and oxygen atoms in total. The third-order valence-electron chi connectivity index (χ3n) is 5.32. The van der Waals surface area contributed by atoms with Crippen LogP contribution in [0.15, 0.2) is 49.3 Å². The number of piperidine rings is 1. The van der Waals surface area contributed by atoms with E-state index in [2.05, 4.69) is 43.7 Å². The first kappa shape index (κ1) is 20.3. The summed E-state index contributed by atoms with van der Waals surface area (Å²) in [6.07, 6.45) is 2.94. The van der Waals surface area contributed by atoms with Crippen LogP contribution in [-0.4, -0.2) is 38.0 Å². The first-order valence-electron chi connectivity index (χ1n) is 10.3. The minimum atomic E-state index is 0.528. The number of anilines is 1. The molecule has 1 aliphatic rings. The van der Waals surface area contributed by atoms with Crippen molar-refractivity contribution >= 4 is 29.0 Å². The summed E-state index contributed by atoms with van der Waals surface area (Å²) in [4.78, 5) is 6.86. The number of thiophene rings is 1. The Kier molecular flexibility index (Phi) is 5.82. The van der Waals surface area contributed by atoms with Crippen molar-refractivity contribution in [1.29, 1.82) is 0 Å². The van der Waals surface area contributed by atoms with Gasteiger partial charge in [0.15, 0.2) is 5.16 Å². The molecular formula is C21H24N6O2S2. The van der Waals surface area contributed by atoms with Crippen molar-refractivity contribution in [3.8, 4) is 11.4 Å². The molecule has 0 spiro atoms. The first-order valence-corrected chi connectivity index (χ1v) is 12.3. The van der Waals surface area contributed by atoms with Crippen molar-refractivity contribution in [3.05, 3.63) is 46.9 Å². The molecule has 2 atom stereocenters. The highest BCUT2D eigenvalue weighted by atomic mass is 32.2. The average molecular weight is 457 g/mol. The number of thioether (sulfide) groups is 1. The summed E-state index contributed by atoms with van der Waals surface area (Å²) in [5.41, 5.74) is 0.974. The third kappa shape index (κ3) is 4.54. The summed E-state index contributed by atoms with van der Waals surface area (Å²) in [6.45, 7) is 7.15. The zero-order valence-corrected chi connectivity index (χ0v) is 19.1. The van der Waals surface area contributed by atoms with E-state index in [1.165, 1.54) is 6.42 Å². The van der Waals surface area contributed by atoms with Crippen LogP contribution in [-0.2, 0) is 12.3 Å². The van der Waals surface area contributed by atoms with E-state index in [-0.39, 0.29) is 0 Å². The molecule has 5 heterocycles. The lowest BCUT2D eigenvalue weighted by Gasteiger charge is -2.35. The monoisotopic (exact) mass is 456 g/mol. The molecule has 162 valence electrons. The Morgan fingerprint density at radius 3 is 2.81 bits per heavy atom. The predicted octanol–water partition coefficient (Wildman–Crippen LogP) is 4.81. The summed E-state index contributed by atoms with van der Waals surface area (Å²) >= 11 is 3.16. The Bertz CT molecular complexity index is 1100. The van der Waals surface area contributed by atoms with E-state index in [4.69, 9.17) is 8.94 Å². The van der Waals surface area contributed by atoms with Gasteiger partial charge in [0.2, 0.25) is 17.7 Å². The van der Waals surface area contributed by atoms with E-state index in [1.54, 1.807) is 29.4 Å².